The summed E-state index contributed by atoms with van der Waals surface area (Å²) in [5.41, 5.74) is 1.36. The number of nitrogens with two attached hydrogens (primary N) is 1. The average Bonchev–Trinajstić information content (AvgIpc) is 2.31. The quantitative estimate of drug-likeness (QED) is 0.696. The second-order valence-electron chi connectivity index (χ2n) is 4.19. The topological polar surface area (TPSA) is 40.1 Å². The first-order valence-corrected chi connectivity index (χ1v) is 5.59. The van der Waals surface area contributed by atoms with Crippen LogP contribution in [0.15, 0.2) is 30.3 Å². The van der Waals surface area contributed by atoms with Gasteiger partial charge in [0.2, 0.25) is 0 Å². The summed E-state index contributed by atoms with van der Waals surface area (Å²) in [5, 5.41) is 11.4. The predicted octanol–water partition coefficient (Wildman–Crippen LogP) is -0.573. The summed E-state index contributed by atoms with van der Waals surface area (Å²) in [6, 6.07) is 10.9. The molecule has 3 heteroatoms. The zero-order valence-electron chi connectivity index (χ0n) is 8.97. The Balaban J connectivity index is 1.89. The molecule has 3 N–H and O–H groups in total. The summed E-state index contributed by atoms with van der Waals surface area (Å²) in [6.45, 7) is 4.49. The van der Waals surface area contributed by atoms with E-state index in [2.05, 4.69) is 34.5 Å². The van der Waals surface area contributed by atoms with Crippen LogP contribution in [0.4, 0.5) is 0 Å². The summed E-state index contributed by atoms with van der Waals surface area (Å²) >= 11 is 0. The van der Waals surface area contributed by atoms with Gasteiger partial charge in [0.25, 0.3) is 0 Å². The summed E-state index contributed by atoms with van der Waals surface area (Å²) in [4.78, 5) is 2.41. The van der Waals surface area contributed by atoms with Crippen molar-refractivity contribution in [2.45, 2.75) is 12.6 Å². The molecular formula is C12H19N2O+. The molecule has 82 valence electrons. The number of rotatable bonds is 3. The van der Waals surface area contributed by atoms with Crippen molar-refractivity contribution in [1.29, 1.82) is 0 Å². The molecule has 1 atom stereocenters. The molecule has 1 aromatic rings. The fourth-order valence-electron chi connectivity index (χ4n) is 2.11. The molecule has 2 rings (SSSR count). The number of hydrogen-bond donors (Lipinski definition) is 2. The van der Waals surface area contributed by atoms with Crippen LogP contribution in [-0.4, -0.2) is 42.3 Å². The molecule has 0 aromatic heterocycles. The van der Waals surface area contributed by atoms with E-state index in [0.717, 1.165) is 26.2 Å². The van der Waals surface area contributed by atoms with Gasteiger partial charge in [-0.05, 0) is 5.56 Å². The number of nitrogens with zero attached hydrogens (tertiary/aromatic N) is 1. The molecule has 0 bridgehead atoms. The second-order valence-corrected chi connectivity index (χ2v) is 4.19. The van der Waals surface area contributed by atoms with E-state index in [0.29, 0.717) is 6.04 Å². The lowest BCUT2D eigenvalue weighted by Crippen LogP contribution is -2.96. The highest BCUT2D eigenvalue weighted by Crippen LogP contribution is 2.05. The molecule has 1 aromatic carbocycles. The summed E-state index contributed by atoms with van der Waals surface area (Å²) in [7, 11) is 0. The fourth-order valence-corrected chi connectivity index (χ4v) is 2.11. The third-order valence-corrected chi connectivity index (χ3v) is 2.92. The van der Waals surface area contributed by atoms with Crippen LogP contribution in [0.1, 0.15) is 5.56 Å². The van der Waals surface area contributed by atoms with Crippen molar-refractivity contribution in [3.05, 3.63) is 35.9 Å². The number of benzene rings is 1. The van der Waals surface area contributed by atoms with Crippen molar-refractivity contribution in [3.8, 4) is 0 Å². The number of piperazine rings is 1. The normalized spacial score (nSPS) is 22.9. The van der Waals surface area contributed by atoms with Crippen LogP contribution >= 0.6 is 0 Å². The molecule has 1 saturated heterocycles. The highest BCUT2D eigenvalue weighted by Gasteiger charge is 2.21. The Kier molecular flexibility index (Phi) is 3.72. The van der Waals surface area contributed by atoms with Gasteiger partial charge in [0.15, 0.2) is 0 Å². The minimum atomic E-state index is 0.283. The first-order chi connectivity index (χ1) is 7.38. The summed E-state index contributed by atoms with van der Waals surface area (Å²) in [6.07, 6.45) is 0. The predicted molar refractivity (Wildman–Crippen MR) is 59.4 cm³/mol. The molecule has 1 fully saturated rings. The van der Waals surface area contributed by atoms with Crippen molar-refractivity contribution in [1.82, 2.24) is 4.90 Å². The number of hydrogen-bond acceptors (Lipinski definition) is 2. The summed E-state index contributed by atoms with van der Waals surface area (Å²) in [5.74, 6) is 0. The SMILES string of the molecule is OC[C@H]1CN(Cc2ccccc2)CC[NH2+]1. The van der Waals surface area contributed by atoms with E-state index in [1.165, 1.54) is 5.56 Å². The highest BCUT2D eigenvalue weighted by atomic mass is 16.3. The van der Waals surface area contributed by atoms with Gasteiger partial charge in [-0.25, -0.2) is 0 Å². The van der Waals surface area contributed by atoms with Crippen molar-refractivity contribution in [3.63, 3.8) is 0 Å². The maximum Gasteiger partial charge on any atom is 0.122 e. The summed E-state index contributed by atoms with van der Waals surface area (Å²) < 4.78 is 0. The smallest absolute Gasteiger partial charge is 0.122 e. The molecule has 1 aliphatic heterocycles. The van der Waals surface area contributed by atoms with E-state index in [9.17, 15) is 0 Å². The number of aliphatic hydroxyl groups excluding tert-OH is 1. The molecule has 1 aliphatic rings. The molecule has 0 unspecified atom stereocenters. The Hall–Kier alpha value is -0.900. The fraction of sp³-hybridized carbons (Fsp3) is 0.500. The van der Waals surface area contributed by atoms with E-state index < -0.39 is 0 Å². The first kappa shape index (κ1) is 10.6. The van der Waals surface area contributed by atoms with E-state index >= 15 is 0 Å². The maximum absolute atomic E-state index is 9.12. The third-order valence-electron chi connectivity index (χ3n) is 2.92. The molecule has 3 nitrogen and oxygen atoms in total. The second kappa shape index (κ2) is 5.26. The van der Waals surface area contributed by atoms with E-state index in [1.54, 1.807) is 0 Å². The Morgan fingerprint density at radius 3 is 2.87 bits per heavy atom. The maximum atomic E-state index is 9.12. The lowest BCUT2D eigenvalue weighted by atomic mass is 10.1. The van der Waals surface area contributed by atoms with Crippen LogP contribution < -0.4 is 5.32 Å². The van der Waals surface area contributed by atoms with Crippen molar-refractivity contribution in [2.24, 2.45) is 0 Å². The van der Waals surface area contributed by atoms with Gasteiger partial charge in [-0.3, -0.25) is 4.90 Å². The van der Waals surface area contributed by atoms with Crippen LogP contribution in [0.3, 0.4) is 0 Å². The molecule has 1 heterocycles. The monoisotopic (exact) mass is 207 g/mol. The van der Waals surface area contributed by atoms with Crippen LogP contribution in [0, 0.1) is 0 Å². The Morgan fingerprint density at radius 2 is 2.13 bits per heavy atom. The van der Waals surface area contributed by atoms with Crippen LogP contribution in [0.25, 0.3) is 0 Å². The Morgan fingerprint density at radius 1 is 1.33 bits per heavy atom. The zero-order chi connectivity index (χ0) is 10.5. The zero-order valence-corrected chi connectivity index (χ0v) is 8.97. The van der Waals surface area contributed by atoms with E-state index in [-0.39, 0.29) is 6.61 Å². The van der Waals surface area contributed by atoms with E-state index in [4.69, 9.17) is 5.11 Å². The largest absolute Gasteiger partial charge is 0.390 e. The molecule has 0 amide bonds. The average molecular weight is 207 g/mol. The highest BCUT2D eigenvalue weighted by molar-refractivity contribution is 5.14. The van der Waals surface area contributed by atoms with Gasteiger partial charge >= 0.3 is 0 Å². The van der Waals surface area contributed by atoms with Gasteiger partial charge < -0.3 is 10.4 Å². The Bertz CT molecular complexity index is 289. The van der Waals surface area contributed by atoms with Gasteiger partial charge in [-0.1, -0.05) is 30.3 Å². The molecule has 15 heavy (non-hydrogen) atoms. The number of quaternary nitrogens is 1. The van der Waals surface area contributed by atoms with Crippen molar-refractivity contribution in [2.75, 3.05) is 26.2 Å². The molecule has 0 spiro atoms. The van der Waals surface area contributed by atoms with Crippen LogP contribution in [-0.2, 0) is 6.54 Å². The van der Waals surface area contributed by atoms with Crippen molar-refractivity contribution < 1.29 is 10.4 Å². The molecular weight excluding hydrogens is 188 g/mol. The molecule has 0 aliphatic carbocycles. The third kappa shape index (κ3) is 3.02. The van der Waals surface area contributed by atoms with E-state index in [1.807, 2.05) is 6.07 Å². The minimum Gasteiger partial charge on any atom is -0.390 e. The van der Waals surface area contributed by atoms with Crippen LogP contribution in [0.5, 0.6) is 0 Å². The lowest BCUT2D eigenvalue weighted by molar-refractivity contribution is -0.699. The van der Waals surface area contributed by atoms with Crippen LogP contribution in [0.2, 0.25) is 0 Å². The first-order valence-electron chi connectivity index (χ1n) is 5.59. The number of aliphatic hydroxyl groups is 1. The van der Waals surface area contributed by atoms with Gasteiger partial charge in [-0.2, -0.15) is 0 Å². The molecule has 0 saturated carbocycles. The van der Waals surface area contributed by atoms with Gasteiger partial charge in [0.1, 0.15) is 6.04 Å². The van der Waals surface area contributed by atoms with Gasteiger partial charge in [0, 0.05) is 13.1 Å². The van der Waals surface area contributed by atoms with Gasteiger partial charge in [0.05, 0.1) is 19.7 Å². The molecule has 0 radical (unpaired) electrons. The lowest BCUT2D eigenvalue weighted by Gasteiger charge is -2.30. The van der Waals surface area contributed by atoms with Crippen molar-refractivity contribution >= 4 is 0 Å². The standard InChI is InChI=1S/C12H18N2O/c15-10-12-9-14(7-6-13-12)8-11-4-2-1-3-5-11/h1-5,12-13,15H,6-10H2/p+1/t12-/m1/s1. The minimum absolute atomic E-state index is 0.283. The van der Waals surface area contributed by atoms with Gasteiger partial charge in [-0.15, -0.1) is 0 Å². The Labute approximate surface area is 90.7 Å².